The third kappa shape index (κ3) is 64.9. The van der Waals surface area contributed by atoms with Crippen molar-refractivity contribution in [1.29, 1.82) is 0 Å². The molecule has 0 aromatic carbocycles. The Morgan fingerprint density at radius 1 is 1.12 bits per heavy atom. The second kappa shape index (κ2) is 29.4. The van der Waals surface area contributed by atoms with Gasteiger partial charge in [-0.15, -0.1) is 20.1 Å². The van der Waals surface area contributed by atoms with Crippen LogP contribution in [0.5, 0.6) is 0 Å². The van der Waals surface area contributed by atoms with Crippen molar-refractivity contribution >= 4 is 0 Å². The van der Waals surface area contributed by atoms with Gasteiger partial charge in [0, 0.05) is 0 Å². The van der Waals surface area contributed by atoms with Crippen molar-refractivity contribution < 1.29 is 31.9 Å². The van der Waals surface area contributed by atoms with E-state index in [1.807, 2.05) is 20.8 Å². The van der Waals surface area contributed by atoms with E-state index in [9.17, 15) is 10.2 Å². The van der Waals surface area contributed by atoms with E-state index in [2.05, 4.69) is 6.58 Å². The predicted molar refractivity (Wildman–Crippen MR) is 63.2 cm³/mol. The Hall–Kier alpha value is 0.114. The number of allylic oxidation sites excluding steroid dienone is 2. The number of hydrogen-bond acceptors (Lipinski definition) is 2. The number of unbranched alkanes of at least 4 members (excludes halogenated alkanes) is 2. The third-order valence-corrected chi connectivity index (χ3v) is 1.28. The molecule has 1 radical (unpaired) electrons. The van der Waals surface area contributed by atoms with Crippen LogP contribution in [0.25, 0.3) is 0 Å². The summed E-state index contributed by atoms with van der Waals surface area (Å²) in [7, 11) is 0. The summed E-state index contributed by atoms with van der Waals surface area (Å²) in [5.74, 6) is 0. The van der Waals surface area contributed by atoms with Crippen LogP contribution in [0.15, 0.2) is 18.2 Å². The van der Waals surface area contributed by atoms with Crippen LogP contribution in [0.2, 0.25) is 0 Å². The maximum atomic E-state index is 9.53. The zero-order chi connectivity index (χ0) is 12.5. The SMILES string of the molecule is CCCC[O-].CCCC[O-].[CH-]=CC(=C)C.[Ti+3]. The summed E-state index contributed by atoms with van der Waals surface area (Å²) < 4.78 is 0. The normalized spacial score (nSPS) is 7.31. The molecule has 0 fully saturated rings. The Morgan fingerprint density at radius 3 is 1.38 bits per heavy atom. The molecule has 3 heteroatoms. The molecule has 0 aliphatic carbocycles. The van der Waals surface area contributed by atoms with E-state index in [1.54, 1.807) is 0 Å². The molecule has 2 nitrogen and oxygen atoms in total. The van der Waals surface area contributed by atoms with Crippen molar-refractivity contribution in [2.24, 2.45) is 0 Å². The van der Waals surface area contributed by atoms with Crippen LogP contribution in [-0.2, 0) is 21.7 Å². The fourth-order valence-corrected chi connectivity index (χ4v) is 0.289. The Balaban J connectivity index is -0.0000000655. The molecule has 0 aromatic heterocycles. The summed E-state index contributed by atoms with van der Waals surface area (Å²) in [4.78, 5) is 0. The maximum absolute atomic E-state index is 9.53. The second-order valence-electron chi connectivity index (χ2n) is 3.13. The van der Waals surface area contributed by atoms with Crippen LogP contribution in [0.1, 0.15) is 46.5 Å². The van der Waals surface area contributed by atoms with Gasteiger partial charge < -0.3 is 10.2 Å². The first-order valence-corrected chi connectivity index (χ1v) is 5.47. The zero-order valence-electron chi connectivity index (χ0n) is 10.9. The summed E-state index contributed by atoms with van der Waals surface area (Å²) in [6.45, 7) is 14.5. The topological polar surface area (TPSA) is 46.1 Å². The molecule has 0 bridgehead atoms. The van der Waals surface area contributed by atoms with Crippen molar-refractivity contribution in [3.8, 4) is 0 Å². The second-order valence-corrected chi connectivity index (χ2v) is 3.13. The zero-order valence-corrected chi connectivity index (χ0v) is 12.5. The first-order chi connectivity index (χ1) is 7.10. The number of hydrogen-bond donors (Lipinski definition) is 0. The molecule has 0 atom stereocenters. The van der Waals surface area contributed by atoms with Gasteiger partial charge in [-0.3, -0.25) is 6.58 Å². The maximum Gasteiger partial charge on any atom is 3.00 e. The monoisotopic (exact) mass is 261 g/mol. The van der Waals surface area contributed by atoms with Gasteiger partial charge in [0.2, 0.25) is 0 Å². The molecular formula is C13H25O2Ti. The van der Waals surface area contributed by atoms with Gasteiger partial charge in [-0.1, -0.05) is 39.5 Å². The Morgan fingerprint density at radius 2 is 1.38 bits per heavy atom. The van der Waals surface area contributed by atoms with Crippen LogP contribution >= 0.6 is 0 Å². The fraction of sp³-hybridized carbons (Fsp3) is 0.692. The van der Waals surface area contributed by atoms with Crippen molar-refractivity contribution in [2.75, 3.05) is 13.2 Å². The molecule has 0 saturated heterocycles. The number of rotatable bonds is 5. The Bertz CT molecular complexity index is 115. The minimum absolute atomic E-state index is 0. The molecular weight excluding hydrogens is 236 g/mol. The molecule has 16 heavy (non-hydrogen) atoms. The summed E-state index contributed by atoms with van der Waals surface area (Å²) in [6, 6.07) is 0. The van der Waals surface area contributed by atoms with Crippen molar-refractivity contribution in [3.05, 3.63) is 24.8 Å². The smallest absolute Gasteiger partial charge is 0.854 e. The molecule has 0 spiro atoms. The Labute approximate surface area is 116 Å². The van der Waals surface area contributed by atoms with Gasteiger partial charge in [0.25, 0.3) is 0 Å². The van der Waals surface area contributed by atoms with Gasteiger partial charge in [0.1, 0.15) is 0 Å². The summed E-state index contributed by atoms with van der Waals surface area (Å²) in [5, 5.41) is 19.1. The van der Waals surface area contributed by atoms with Crippen molar-refractivity contribution in [3.63, 3.8) is 0 Å². The molecule has 0 aromatic rings. The molecule has 0 rings (SSSR count). The largest absolute Gasteiger partial charge is 3.00 e. The van der Waals surface area contributed by atoms with Crippen molar-refractivity contribution in [1.82, 2.24) is 0 Å². The summed E-state index contributed by atoms with van der Waals surface area (Å²) in [5.41, 5.74) is 0.907. The van der Waals surface area contributed by atoms with Crippen LogP contribution in [-0.4, -0.2) is 13.2 Å². The van der Waals surface area contributed by atoms with Crippen LogP contribution < -0.4 is 10.2 Å². The van der Waals surface area contributed by atoms with Crippen LogP contribution in [0.3, 0.4) is 0 Å². The fourth-order valence-electron chi connectivity index (χ4n) is 0.289. The third-order valence-electron chi connectivity index (χ3n) is 1.28. The molecule has 0 heterocycles. The van der Waals surface area contributed by atoms with Gasteiger partial charge in [-0.05, 0) is 0 Å². The van der Waals surface area contributed by atoms with Gasteiger partial charge >= 0.3 is 21.7 Å². The van der Waals surface area contributed by atoms with E-state index in [1.165, 1.54) is 6.08 Å². The minimum atomic E-state index is 0. The Kier molecular flexibility index (Phi) is 46.1. The molecule has 93 valence electrons. The van der Waals surface area contributed by atoms with E-state index in [-0.39, 0.29) is 34.9 Å². The van der Waals surface area contributed by atoms with Gasteiger partial charge in [0.05, 0.1) is 0 Å². The van der Waals surface area contributed by atoms with Crippen LogP contribution in [0, 0.1) is 6.58 Å². The average molecular weight is 261 g/mol. The molecule has 0 aliphatic heterocycles. The van der Waals surface area contributed by atoms with Crippen LogP contribution in [0.4, 0.5) is 0 Å². The minimum Gasteiger partial charge on any atom is -0.854 e. The molecule has 0 aliphatic rings. The first kappa shape index (κ1) is 25.1. The first-order valence-electron chi connectivity index (χ1n) is 5.47. The van der Waals surface area contributed by atoms with E-state index in [0.717, 1.165) is 31.3 Å². The molecule has 0 amide bonds. The molecule has 0 saturated carbocycles. The van der Waals surface area contributed by atoms with Crippen molar-refractivity contribution in [2.45, 2.75) is 46.5 Å². The van der Waals surface area contributed by atoms with E-state index >= 15 is 0 Å². The van der Waals surface area contributed by atoms with E-state index in [0.29, 0.717) is 0 Å². The standard InChI is InChI=1S/C5H7.2C4H9O.Ti/c1-4-5(2)3;2*1-2-3-4-5;/h1,4H,2H2,3H3;2*2-4H2,1H3;/q3*-1;+3. The predicted octanol–water partition coefficient (Wildman–Crippen LogP) is 1.84. The molecule has 0 N–H and O–H groups in total. The van der Waals surface area contributed by atoms with E-state index < -0.39 is 0 Å². The van der Waals surface area contributed by atoms with E-state index in [4.69, 9.17) is 6.58 Å². The van der Waals surface area contributed by atoms with Gasteiger partial charge in [0.15, 0.2) is 0 Å². The average Bonchev–Trinajstić information content (AvgIpc) is 2.22. The van der Waals surface area contributed by atoms with Gasteiger partial charge in [-0.2, -0.15) is 6.58 Å². The summed E-state index contributed by atoms with van der Waals surface area (Å²) >= 11 is 0. The van der Waals surface area contributed by atoms with Gasteiger partial charge in [-0.25, -0.2) is 11.6 Å². The quantitative estimate of drug-likeness (QED) is 0.430. The molecule has 0 unspecified atom stereocenters. The summed E-state index contributed by atoms with van der Waals surface area (Å²) in [6.07, 6.45) is 5.20.